The van der Waals surface area contributed by atoms with Crippen molar-refractivity contribution in [3.05, 3.63) is 101 Å². The summed E-state index contributed by atoms with van der Waals surface area (Å²) in [5.74, 6) is -3.92. The minimum atomic E-state index is -2.97. The summed E-state index contributed by atoms with van der Waals surface area (Å²) < 4.78 is 64.8. The summed E-state index contributed by atoms with van der Waals surface area (Å²) in [5.41, 5.74) is 2.14. The molecule has 0 saturated carbocycles. The summed E-state index contributed by atoms with van der Waals surface area (Å²) in [7, 11) is 0. The topological polar surface area (TPSA) is 101 Å². The average molecular weight is 682 g/mol. The first-order valence-corrected chi connectivity index (χ1v) is 15.7. The van der Waals surface area contributed by atoms with Crippen LogP contribution in [0.2, 0.25) is 5.02 Å². The van der Waals surface area contributed by atoms with Crippen LogP contribution in [0.4, 0.5) is 29.1 Å². The maximum absolute atomic E-state index is 15.1. The van der Waals surface area contributed by atoms with Crippen LogP contribution in [0.15, 0.2) is 73.7 Å². The molecule has 9 nitrogen and oxygen atoms in total. The van der Waals surface area contributed by atoms with E-state index >= 15 is 8.78 Å². The SMILES string of the molecule is C=CC(F)(F)CN1CCC(c2cnc(-c3nn(Cc4c(F)cc(OCCO)cc4F)c4ccccc34)nc2Nc2ccncc2Cl)CC1. The Labute approximate surface area is 278 Å². The molecular formula is C34H32ClF4N7O2. The number of alkyl halides is 2. The molecule has 2 N–H and O–H groups in total. The monoisotopic (exact) mass is 681 g/mol. The second kappa shape index (κ2) is 14.3. The Morgan fingerprint density at radius 1 is 1.10 bits per heavy atom. The number of ether oxygens (including phenoxy) is 1. The summed E-state index contributed by atoms with van der Waals surface area (Å²) in [6, 6.07) is 11.1. The van der Waals surface area contributed by atoms with Gasteiger partial charge in [0.25, 0.3) is 5.92 Å². The van der Waals surface area contributed by atoms with E-state index in [-0.39, 0.29) is 49.4 Å². The van der Waals surface area contributed by atoms with Crippen LogP contribution in [-0.2, 0) is 6.54 Å². The third-order valence-corrected chi connectivity index (χ3v) is 8.56. The first-order chi connectivity index (χ1) is 23.2. The molecule has 14 heteroatoms. The highest BCUT2D eigenvalue weighted by atomic mass is 35.5. The zero-order valence-corrected chi connectivity index (χ0v) is 26.5. The first kappa shape index (κ1) is 33.3. The van der Waals surface area contributed by atoms with E-state index in [2.05, 4.69) is 21.9 Å². The second-order valence-corrected chi connectivity index (χ2v) is 11.9. The molecule has 5 aromatic rings. The summed E-state index contributed by atoms with van der Waals surface area (Å²) >= 11 is 6.43. The van der Waals surface area contributed by atoms with E-state index in [0.717, 1.165) is 17.7 Å². The van der Waals surface area contributed by atoms with Crippen molar-refractivity contribution in [1.29, 1.82) is 0 Å². The van der Waals surface area contributed by atoms with Gasteiger partial charge >= 0.3 is 0 Å². The first-order valence-electron chi connectivity index (χ1n) is 15.3. The minimum Gasteiger partial charge on any atom is -0.491 e. The molecule has 0 spiro atoms. The van der Waals surface area contributed by atoms with Gasteiger partial charge in [-0.1, -0.05) is 36.4 Å². The van der Waals surface area contributed by atoms with Crippen molar-refractivity contribution in [1.82, 2.24) is 29.6 Å². The maximum atomic E-state index is 15.1. The number of likely N-dealkylation sites (tertiary alicyclic amines) is 1. The Bertz CT molecular complexity index is 1910. The van der Waals surface area contributed by atoms with Gasteiger partial charge in [-0.3, -0.25) is 14.6 Å². The number of nitrogens with zero attached hydrogens (tertiary/aromatic N) is 6. The average Bonchev–Trinajstić information content (AvgIpc) is 3.45. The van der Waals surface area contributed by atoms with Gasteiger partial charge in [0.05, 0.1) is 35.9 Å². The van der Waals surface area contributed by atoms with Gasteiger partial charge in [0.2, 0.25) is 0 Å². The lowest BCUT2D eigenvalue weighted by atomic mass is 9.90. The van der Waals surface area contributed by atoms with Crippen LogP contribution in [-0.4, -0.2) is 73.5 Å². The Hall–Kier alpha value is -4.59. The number of aromatic nitrogens is 5. The van der Waals surface area contributed by atoms with Crippen molar-refractivity contribution in [2.75, 3.05) is 38.2 Å². The van der Waals surface area contributed by atoms with Gasteiger partial charge in [0, 0.05) is 47.2 Å². The number of fused-ring (bicyclic) bond motifs is 1. The molecular weight excluding hydrogens is 650 g/mol. The van der Waals surface area contributed by atoms with Crippen LogP contribution in [0.3, 0.4) is 0 Å². The van der Waals surface area contributed by atoms with Gasteiger partial charge in [-0.25, -0.2) is 27.5 Å². The molecule has 4 heterocycles. The Balaban J connectivity index is 1.35. The van der Waals surface area contributed by atoms with E-state index in [9.17, 15) is 8.78 Å². The molecule has 1 aliphatic heterocycles. The second-order valence-electron chi connectivity index (χ2n) is 11.5. The number of rotatable bonds is 12. The third kappa shape index (κ3) is 7.28. The highest BCUT2D eigenvalue weighted by molar-refractivity contribution is 6.33. The van der Waals surface area contributed by atoms with E-state index in [4.69, 9.17) is 31.5 Å². The van der Waals surface area contributed by atoms with Gasteiger partial charge in [-0.2, -0.15) is 5.10 Å². The molecule has 0 bridgehead atoms. The normalized spacial score (nSPS) is 14.4. The number of para-hydroxylation sites is 1. The van der Waals surface area contributed by atoms with Gasteiger partial charge in [-0.05, 0) is 50.1 Å². The van der Waals surface area contributed by atoms with Crippen LogP contribution >= 0.6 is 11.6 Å². The predicted molar refractivity (Wildman–Crippen MR) is 175 cm³/mol. The van der Waals surface area contributed by atoms with E-state index in [0.29, 0.717) is 65.1 Å². The number of halogens is 5. The lowest BCUT2D eigenvalue weighted by Crippen LogP contribution is -2.40. The number of nitrogens with one attached hydrogen (secondary N) is 1. The molecule has 1 saturated heterocycles. The molecule has 3 aromatic heterocycles. The Kier molecular flexibility index (Phi) is 9.90. The number of hydrogen-bond donors (Lipinski definition) is 2. The van der Waals surface area contributed by atoms with Crippen LogP contribution in [0, 0.1) is 11.6 Å². The van der Waals surface area contributed by atoms with Crippen molar-refractivity contribution < 1.29 is 27.4 Å². The predicted octanol–water partition coefficient (Wildman–Crippen LogP) is 6.98. The number of pyridine rings is 1. The summed E-state index contributed by atoms with van der Waals surface area (Å²) in [4.78, 5) is 15.3. The fourth-order valence-corrected chi connectivity index (χ4v) is 5.98. The smallest absolute Gasteiger partial charge is 0.278 e. The Morgan fingerprint density at radius 2 is 1.85 bits per heavy atom. The summed E-state index contributed by atoms with van der Waals surface area (Å²) in [5, 5.41) is 18.0. The fourth-order valence-electron chi connectivity index (χ4n) is 5.81. The van der Waals surface area contributed by atoms with E-state index < -0.39 is 17.6 Å². The van der Waals surface area contributed by atoms with Gasteiger partial charge in [0.1, 0.15) is 35.5 Å². The van der Waals surface area contributed by atoms with Gasteiger partial charge in [-0.15, -0.1) is 0 Å². The molecule has 1 fully saturated rings. The molecule has 250 valence electrons. The number of hydrogen-bond acceptors (Lipinski definition) is 8. The number of piperidine rings is 1. The molecule has 1 aliphatic rings. The molecule has 0 amide bonds. The minimum absolute atomic E-state index is 0.0275. The molecule has 48 heavy (non-hydrogen) atoms. The number of aliphatic hydroxyl groups excluding tert-OH is 1. The molecule has 0 radical (unpaired) electrons. The lowest BCUT2D eigenvalue weighted by Gasteiger charge is -2.34. The third-order valence-electron chi connectivity index (χ3n) is 8.26. The van der Waals surface area contributed by atoms with Crippen molar-refractivity contribution in [3.63, 3.8) is 0 Å². The van der Waals surface area contributed by atoms with Crippen LogP contribution < -0.4 is 10.1 Å². The fraction of sp³-hybridized carbons (Fsp3) is 0.294. The largest absolute Gasteiger partial charge is 0.491 e. The van der Waals surface area contributed by atoms with Crippen LogP contribution in [0.5, 0.6) is 5.75 Å². The molecule has 6 rings (SSSR count). The maximum Gasteiger partial charge on any atom is 0.278 e. The number of benzene rings is 2. The lowest BCUT2D eigenvalue weighted by molar-refractivity contribution is 0.00687. The number of aliphatic hydroxyl groups is 1. The molecule has 0 unspecified atom stereocenters. The zero-order valence-electron chi connectivity index (χ0n) is 25.7. The standard InChI is InChI=1S/C34H32ClF4N7O2/c1-2-34(38,39)20-45-11-8-21(9-12-45)24-17-41-33(43-32(24)42-29-7-10-40-18-26(29)35)31-23-5-3-4-6-30(23)46(44-31)19-25-27(36)15-22(16-28(25)37)48-14-13-47/h2-7,10,15-18,21,47H,1,8-9,11-14,19-20H2,(H,40,41,42,43). The van der Waals surface area contributed by atoms with Crippen molar-refractivity contribution in [2.45, 2.75) is 31.2 Å². The van der Waals surface area contributed by atoms with Gasteiger partial charge in [0.15, 0.2) is 5.82 Å². The number of anilines is 2. The Morgan fingerprint density at radius 3 is 2.56 bits per heavy atom. The summed E-state index contributed by atoms with van der Waals surface area (Å²) in [6.07, 6.45) is 6.68. The zero-order chi connectivity index (χ0) is 33.8. The molecule has 0 atom stereocenters. The van der Waals surface area contributed by atoms with Crippen molar-refractivity contribution in [3.8, 4) is 17.3 Å². The van der Waals surface area contributed by atoms with Crippen LogP contribution in [0.1, 0.15) is 29.9 Å². The van der Waals surface area contributed by atoms with Crippen molar-refractivity contribution in [2.24, 2.45) is 0 Å². The highest BCUT2D eigenvalue weighted by Crippen LogP contribution is 2.37. The van der Waals surface area contributed by atoms with Crippen molar-refractivity contribution >= 4 is 34.0 Å². The van der Waals surface area contributed by atoms with Gasteiger partial charge < -0.3 is 15.2 Å². The van der Waals surface area contributed by atoms with Crippen LogP contribution in [0.25, 0.3) is 22.4 Å². The molecule has 2 aromatic carbocycles. The van der Waals surface area contributed by atoms with E-state index in [1.165, 1.54) is 10.9 Å². The summed E-state index contributed by atoms with van der Waals surface area (Å²) in [6.45, 7) is 3.17. The molecule has 0 aliphatic carbocycles. The van der Waals surface area contributed by atoms with E-state index in [1.54, 1.807) is 35.5 Å². The highest BCUT2D eigenvalue weighted by Gasteiger charge is 2.32. The van der Waals surface area contributed by atoms with E-state index in [1.807, 2.05) is 12.1 Å². The quantitative estimate of drug-likeness (QED) is 0.107.